The minimum atomic E-state index is -0.712. The number of carbonyl (C=O) groups excluding carboxylic acids is 1. The van der Waals surface area contributed by atoms with Gasteiger partial charge in [-0.05, 0) is 24.6 Å². The maximum atomic E-state index is 12.2. The Hall–Kier alpha value is -2.53. The fourth-order valence-electron chi connectivity index (χ4n) is 2.12. The Balaban J connectivity index is 1.72. The maximum Gasteiger partial charge on any atom is 0.245 e. The van der Waals surface area contributed by atoms with Crippen LogP contribution in [0.2, 0.25) is 0 Å². The normalized spacial score (nSPS) is 13.8. The largest absolute Gasteiger partial charge is 0.454 e. The van der Waals surface area contributed by atoms with Crippen LogP contribution in [0.3, 0.4) is 0 Å². The minimum Gasteiger partial charge on any atom is -0.454 e. The summed E-state index contributed by atoms with van der Waals surface area (Å²) in [5, 5.41) is 2.79. The highest BCUT2D eigenvalue weighted by Gasteiger charge is 2.18. The van der Waals surface area contributed by atoms with Crippen molar-refractivity contribution in [1.82, 2.24) is 0 Å². The van der Waals surface area contributed by atoms with Crippen molar-refractivity contribution in [1.29, 1.82) is 0 Å². The number of aryl methyl sites for hydroxylation is 1. The first-order chi connectivity index (χ1) is 10.1. The van der Waals surface area contributed by atoms with E-state index in [0.29, 0.717) is 17.2 Å². The molecule has 0 spiro atoms. The Labute approximate surface area is 122 Å². The minimum absolute atomic E-state index is 0.204. The molecule has 1 aliphatic heterocycles. The van der Waals surface area contributed by atoms with E-state index < -0.39 is 6.04 Å². The first-order valence-electron chi connectivity index (χ1n) is 6.66. The number of fused-ring (bicyclic) bond motifs is 1. The van der Waals surface area contributed by atoms with Crippen LogP contribution in [-0.2, 0) is 4.79 Å². The number of nitrogens with two attached hydrogens (primary N) is 1. The van der Waals surface area contributed by atoms with Gasteiger partial charge in [-0.1, -0.05) is 29.8 Å². The van der Waals surface area contributed by atoms with Gasteiger partial charge in [-0.15, -0.1) is 0 Å². The van der Waals surface area contributed by atoms with Gasteiger partial charge in [-0.3, -0.25) is 4.79 Å². The number of hydrogen-bond donors (Lipinski definition) is 2. The van der Waals surface area contributed by atoms with Crippen LogP contribution in [0, 0.1) is 6.92 Å². The van der Waals surface area contributed by atoms with E-state index in [-0.39, 0.29) is 12.7 Å². The summed E-state index contributed by atoms with van der Waals surface area (Å²) in [6.07, 6.45) is 0. The monoisotopic (exact) mass is 284 g/mol. The van der Waals surface area contributed by atoms with E-state index in [1.165, 1.54) is 0 Å². The van der Waals surface area contributed by atoms with Gasteiger partial charge >= 0.3 is 0 Å². The van der Waals surface area contributed by atoms with Gasteiger partial charge in [0.25, 0.3) is 0 Å². The fraction of sp³-hybridized carbons (Fsp3) is 0.188. The molecule has 1 atom stereocenters. The molecule has 1 aliphatic rings. The SMILES string of the molecule is Cc1ccc(C(N)C(=O)Nc2ccc3c(c2)OCO3)cc1. The Morgan fingerprint density at radius 1 is 1.14 bits per heavy atom. The summed E-state index contributed by atoms with van der Waals surface area (Å²) in [7, 11) is 0. The van der Waals surface area contributed by atoms with E-state index in [0.717, 1.165) is 11.1 Å². The van der Waals surface area contributed by atoms with Gasteiger partial charge in [0.1, 0.15) is 6.04 Å². The number of carbonyl (C=O) groups is 1. The smallest absolute Gasteiger partial charge is 0.245 e. The molecule has 2 aromatic rings. The van der Waals surface area contributed by atoms with Crippen LogP contribution in [0.4, 0.5) is 5.69 Å². The molecule has 1 heterocycles. The molecule has 108 valence electrons. The molecule has 0 saturated carbocycles. The van der Waals surface area contributed by atoms with Gasteiger partial charge in [0.15, 0.2) is 11.5 Å². The number of ether oxygens (including phenoxy) is 2. The molecular weight excluding hydrogens is 268 g/mol. The van der Waals surface area contributed by atoms with E-state index >= 15 is 0 Å². The van der Waals surface area contributed by atoms with Crippen molar-refractivity contribution in [2.45, 2.75) is 13.0 Å². The molecule has 21 heavy (non-hydrogen) atoms. The standard InChI is InChI=1S/C16H16N2O3/c1-10-2-4-11(5-3-10)15(17)16(19)18-12-6-7-13-14(8-12)21-9-20-13/h2-8,15H,9,17H2,1H3,(H,18,19). The summed E-state index contributed by atoms with van der Waals surface area (Å²) < 4.78 is 10.5. The Bertz CT molecular complexity index is 668. The number of benzene rings is 2. The van der Waals surface area contributed by atoms with Crippen molar-refractivity contribution in [2.75, 3.05) is 12.1 Å². The number of anilines is 1. The molecule has 1 unspecified atom stereocenters. The van der Waals surface area contributed by atoms with Crippen LogP contribution in [0.15, 0.2) is 42.5 Å². The van der Waals surface area contributed by atoms with Gasteiger partial charge < -0.3 is 20.5 Å². The van der Waals surface area contributed by atoms with Gasteiger partial charge in [-0.25, -0.2) is 0 Å². The Morgan fingerprint density at radius 2 is 1.86 bits per heavy atom. The van der Waals surface area contributed by atoms with Gasteiger partial charge in [0.2, 0.25) is 12.7 Å². The third-order valence-corrected chi connectivity index (χ3v) is 3.36. The highest BCUT2D eigenvalue weighted by atomic mass is 16.7. The van der Waals surface area contributed by atoms with E-state index in [1.54, 1.807) is 18.2 Å². The number of rotatable bonds is 3. The predicted molar refractivity (Wildman–Crippen MR) is 79.3 cm³/mol. The molecule has 0 bridgehead atoms. The van der Waals surface area contributed by atoms with Crippen LogP contribution in [0.1, 0.15) is 17.2 Å². The van der Waals surface area contributed by atoms with Crippen molar-refractivity contribution < 1.29 is 14.3 Å². The third-order valence-electron chi connectivity index (χ3n) is 3.36. The fourth-order valence-corrected chi connectivity index (χ4v) is 2.12. The summed E-state index contributed by atoms with van der Waals surface area (Å²) in [6.45, 7) is 2.19. The van der Waals surface area contributed by atoms with Crippen molar-refractivity contribution in [3.63, 3.8) is 0 Å². The average molecular weight is 284 g/mol. The lowest BCUT2D eigenvalue weighted by atomic mass is 10.1. The zero-order valence-corrected chi connectivity index (χ0v) is 11.6. The molecule has 3 rings (SSSR count). The van der Waals surface area contributed by atoms with Crippen molar-refractivity contribution >= 4 is 11.6 Å². The topological polar surface area (TPSA) is 73.6 Å². The van der Waals surface area contributed by atoms with E-state index in [4.69, 9.17) is 15.2 Å². The van der Waals surface area contributed by atoms with E-state index in [1.807, 2.05) is 31.2 Å². The lowest BCUT2D eigenvalue weighted by Gasteiger charge is -2.13. The molecule has 0 aromatic heterocycles. The van der Waals surface area contributed by atoms with E-state index in [9.17, 15) is 4.79 Å². The van der Waals surface area contributed by atoms with Crippen LogP contribution in [-0.4, -0.2) is 12.7 Å². The Kier molecular flexibility index (Phi) is 3.50. The van der Waals surface area contributed by atoms with Crippen molar-refractivity contribution in [3.8, 4) is 11.5 Å². The second-order valence-corrected chi connectivity index (χ2v) is 4.95. The highest BCUT2D eigenvalue weighted by Crippen LogP contribution is 2.34. The first kappa shape index (κ1) is 13.5. The third kappa shape index (κ3) is 2.83. The quantitative estimate of drug-likeness (QED) is 0.907. The molecular formula is C16H16N2O3. The number of hydrogen-bond acceptors (Lipinski definition) is 4. The van der Waals surface area contributed by atoms with Gasteiger partial charge in [-0.2, -0.15) is 0 Å². The second-order valence-electron chi connectivity index (χ2n) is 4.95. The molecule has 0 aliphatic carbocycles. The predicted octanol–water partition coefficient (Wildman–Crippen LogP) is 2.36. The zero-order chi connectivity index (χ0) is 14.8. The van der Waals surface area contributed by atoms with Crippen molar-refractivity contribution in [2.24, 2.45) is 5.73 Å². The molecule has 1 amide bonds. The van der Waals surface area contributed by atoms with Crippen LogP contribution < -0.4 is 20.5 Å². The lowest BCUT2D eigenvalue weighted by Crippen LogP contribution is -2.27. The average Bonchev–Trinajstić information content (AvgIpc) is 2.95. The summed E-state index contributed by atoms with van der Waals surface area (Å²) in [5.41, 5.74) is 8.52. The summed E-state index contributed by atoms with van der Waals surface area (Å²) in [4.78, 5) is 12.2. The molecule has 0 radical (unpaired) electrons. The summed E-state index contributed by atoms with van der Waals surface area (Å²) in [5.74, 6) is 1.03. The van der Waals surface area contributed by atoms with Crippen LogP contribution in [0.25, 0.3) is 0 Å². The van der Waals surface area contributed by atoms with Gasteiger partial charge in [0, 0.05) is 11.8 Å². The molecule has 0 fully saturated rings. The first-order valence-corrected chi connectivity index (χ1v) is 6.66. The number of amides is 1. The Morgan fingerprint density at radius 3 is 2.62 bits per heavy atom. The van der Waals surface area contributed by atoms with Crippen LogP contribution >= 0.6 is 0 Å². The highest BCUT2D eigenvalue weighted by molar-refractivity contribution is 5.95. The molecule has 0 saturated heterocycles. The molecule has 5 nitrogen and oxygen atoms in total. The molecule has 5 heteroatoms. The van der Waals surface area contributed by atoms with E-state index in [2.05, 4.69) is 5.32 Å². The maximum absolute atomic E-state index is 12.2. The molecule has 3 N–H and O–H groups in total. The summed E-state index contributed by atoms with van der Waals surface area (Å²) in [6, 6.07) is 12.1. The zero-order valence-electron chi connectivity index (χ0n) is 11.6. The summed E-state index contributed by atoms with van der Waals surface area (Å²) >= 11 is 0. The van der Waals surface area contributed by atoms with Crippen LogP contribution in [0.5, 0.6) is 11.5 Å². The van der Waals surface area contributed by atoms with Crippen molar-refractivity contribution in [3.05, 3.63) is 53.6 Å². The molecule has 2 aromatic carbocycles. The van der Waals surface area contributed by atoms with Gasteiger partial charge in [0.05, 0.1) is 0 Å². The lowest BCUT2D eigenvalue weighted by molar-refractivity contribution is -0.117. The second kappa shape index (κ2) is 5.46. The number of nitrogens with one attached hydrogen (secondary N) is 1.